The molecule has 1 aliphatic heterocycles. The van der Waals surface area contributed by atoms with E-state index < -0.39 is 11.7 Å². The summed E-state index contributed by atoms with van der Waals surface area (Å²) in [5.41, 5.74) is 1.13. The van der Waals surface area contributed by atoms with Crippen LogP contribution in [0.5, 0.6) is 0 Å². The van der Waals surface area contributed by atoms with E-state index in [2.05, 4.69) is 0 Å². The molecule has 2 atom stereocenters. The van der Waals surface area contributed by atoms with Crippen LogP contribution in [0.4, 0.5) is 5.69 Å². The van der Waals surface area contributed by atoms with Crippen molar-refractivity contribution < 1.29 is 19.4 Å². The van der Waals surface area contributed by atoms with E-state index in [4.69, 9.17) is 4.74 Å². The minimum absolute atomic E-state index is 0.0587. The first-order chi connectivity index (χ1) is 13.6. The molecule has 144 valence electrons. The zero-order valence-electron chi connectivity index (χ0n) is 15.8. The number of hydrogen-bond acceptors (Lipinski definition) is 5. The Morgan fingerprint density at radius 3 is 2.36 bits per heavy atom. The van der Waals surface area contributed by atoms with Crippen LogP contribution >= 0.6 is 0 Å². The monoisotopic (exact) mass is 377 g/mol. The van der Waals surface area contributed by atoms with Gasteiger partial charge >= 0.3 is 5.97 Å². The molecule has 2 aliphatic rings. The van der Waals surface area contributed by atoms with E-state index in [0.717, 1.165) is 11.3 Å². The Hall–Kier alpha value is -2.92. The predicted octanol–water partition coefficient (Wildman–Crippen LogP) is 3.55. The largest absolute Gasteiger partial charge is 0.465 e. The van der Waals surface area contributed by atoms with E-state index in [1.807, 2.05) is 60.7 Å². The highest BCUT2D eigenvalue weighted by Gasteiger charge is 2.53. The molecule has 1 heterocycles. The molecule has 2 aromatic rings. The Bertz CT molecular complexity index is 922. The second-order valence-corrected chi connectivity index (χ2v) is 7.28. The highest BCUT2D eigenvalue weighted by molar-refractivity contribution is 6.01. The van der Waals surface area contributed by atoms with Crippen LogP contribution < -0.4 is 4.90 Å². The normalized spacial score (nSPS) is 24.7. The molecule has 0 unspecified atom stereocenters. The van der Waals surface area contributed by atoms with Gasteiger partial charge in [0.2, 0.25) is 5.72 Å². The smallest absolute Gasteiger partial charge is 0.359 e. The van der Waals surface area contributed by atoms with E-state index in [1.54, 1.807) is 4.90 Å². The lowest BCUT2D eigenvalue weighted by Crippen LogP contribution is -2.59. The van der Waals surface area contributed by atoms with Gasteiger partial charge in [-0.1, -0.05) is 48.5 Å². The first-order valence-corrected chi connectivity index (χ1v) is 9.53. The molecule has 0 fully saturated rings. The van der Waals surface area contributed by atoms with Crippen molar-refractivity contribution in [3.05, 3.63) is 77.5 Å². The van der Waals surface area contributed by atoms with Gasteiger partial charge in [0.15, 0.2) is 5.78 Å². The topological polar surface area (TPSA) is 66.8 Å². The number of methoxy groups -OCH3 is 1. The molecule has 4 rings (SSSR count). The Labute approximate surface area is 164 Å². The first-order valence-electron chi connectivity index (χ1n) is 9.53. The summed E-state index contributed by atoms with van der Waals surface area (Å²) in [5, 5.41) is 11.6. The molecule has 5 nitrogen and oxygen atoms in total. The number of carbonyl (C=O) groups is 2. The highest BCUT2D eigenvalue weighted by atomic mass is 16.5. The fourth-order valence-corrected chi connectivity index (χ4v) is 4.43. The summed E-state index contributed by atoms with van der Waals surface area (Å²) >= 11 is 0. The van der Waals surface area contributed by atoms with E-state index in [-0.39, 0.29) is 18.1 Å². The molecule has 0 radical (unpaired) electrons. The van der Waals surface area contributed by atoms with Crippen molar-refractivity contribution >= 4 is 17.4 Å². The molecule has 0 amide bonds. The molecule has 1 aliphatic carbocycles. The summed E-state index contributed by atoms with van der Waals surface area (Å²) in [6.45, 7) is 0. The van der Waals surface area contributed by atoms with E-state index in [9.17, 15) is 14.7 Å². The zero-order valence-corrected chi connectivity index (χ0v) is 15.8. The maximum absolute atomic E-state index is 13.0. The van der Waals surface area contributed by atoms with Gasteiger partial charge in [-0.15, -0.1) is 0 Å². The lowest BCUT2D eigenvalue weighted by molar-refractivity contribution is -0.163. The van der Waals surface area contributed by atoms with Crippen LogP contribution in [0.15, 0.2) is 71.9 Å². The number of rotatable bonds is 3. The number of Topliss-reactive ketones (excluding diaryl/α,β-unsaturated/α-hetero) is 1. The average molecular weight is 377 g/mol. The fourth-order valence-electron chi connectivity index (χ4n) is 4.43. The van der Waals surface area contributed by atoms with E-state index in [1.165, 1.54) is 7.11 Å². The number of nitrogens with zero attached hydrogens (tertiary/aromatic N) is 1. The third-order valence-corrected chi connectivity index (χ3v) is 5.63. The number of benzene rings is 2. The second kappa shape index (κ2) is 7.24. The molecular formula is C23H23NO4. The van der Waals surface area contributed by atoms with Crippen molar-refractivity contribution in [3.8, 4) is 0 Å². The number of allylic oxidation sites excluding steroid dienone is 2. The molecule has 5 heteroatoms. The molecule has 0 aromatic heterocycles. The summed E-state index contributed by atoms with van der Waals surface area (Å²) in [6.07, 6.45) is 1.86. The van der Waals surface area contributed by atoms with Crippen LogP contribution in [0.1, 0.15) is 37.2 Å². The molecular weight excluding hydrogens is 354 g/mol. The number of para-hydroxylation sites is 1. The number of esters is 1. The number of anilines is 1. The molecule has 2 aromatic carbocycles. The number of carbonyl (C=O) groups excluding carboxylic acids is 2. The number of ketones is 1. The number of ether oxygens (including phenoxy) is 1. The Kier molecular flexibility index (Phi) is 4.77. The lowest BCUT2D eigenvalue weighted by Gasteiger charge is -2.48. The Morgan fingerprint density at radius 2 is 1.71 bits per heavy atom. The molecule has 0 saturated heterocycles. The third kappa shape index (κ3) is 2.92. The van der Waals surface area contributed by atoms with E-state index in [0.29, 0.717) is 30.5 Å². The lowest BCUT2D eigenvalue weighted by atomic mass is 9.73. The van der Waals surface area contributed by atoms with Crippen molar-refractivity contribution in [1.29, 1.82) is 0 Å². The van der Waals surface area contributed by atoms with Crippen molar-refractivity contribution in [2.45, 2.75) is 37.3 Å². The van der Waals surface area contributed by atoms with Crippen LogP contribution in [-0.2, 0) is 14.3 Å². The Balaban J connectivity index is 1.96. The maximum Gasteiger partial charge on any atom is 0.359 e. The van der Waals surface area contributed by atoms with Crippen molar-refractivity contribution in [3.63, 3.8) is 0 Å². The van der Waals surface area contributed by atoms with Gasteiger partial charge in [-0.2, -0.15) is 0 Å². The molecule has 0 bridgehead atoms. The van der Waals surface area contributed by atoms with Crippen LogP contribution in [-0.4, -0.2) is 29.7 Å². The minimum atomic E-state index is -1.88. The van der Waals surface area contributed by atoms with Gasteiger partial charge in [0, 0.05) is 35.7 Å². The highest BCUT2D eigenvalue weighted by Crippen LogP contribution is 2.48. The van der Waals surface area contributed by atoms with Crippen LogP contribution in [0.3, 0.4) is 0 Å². The van der Waals surface area contributed by atoms with Crippen molar-refractivity contribution in [2.24, 2.45) is 0 Å². The SMILES string of the molecule is COC(=O)[C@]1(O)C[C@H](c2ccccc2)C2=C(CCCC2=O)N1c1ccccc1. The summed E-state index contributed by atoms with van der Waals surface area (Å²) in [5.74, 6) is -0.988. The van der Waals surface area contributed by atoms with Gasteiger partial charge in [-0.05, 0) is 30.5 Å². The van der Waals surface area contributed by atoms with Crippen LogP contribution in [0, 0.1) is 0 Å². The second-order valence-electron chi connectivity index (χ2n) is 7.28. The van der Waals surface area contributed by atoms with Gasteiger partial charge in [0.1, 0.15) is 0 Å². The Morgan fingerprint density at radius 1 is 1.07 bits per heavy atom. The number of hydrogen-bond donors (Lipinski definition) is 1. The molecule has 1 N–H and O–H groups in total. The zero-order chi connectivity index (χ0) is 19.7. The fraction of sp³-hybridized carbons (Fsp3) is 0.304. The molecule has 0 spiro atoms. The first kappa shape index (κ1) is 18.4. The summed E-state index contributed by atoms with van der Waals surface area (Å²) in [6, 6.07) is 18.8. The molecule has 0 saturated carbocycles. The summed E-state index contributed by atoms with van der Waals surface area (Å²) in [7, 11) is 1.27. The van der Waals surface area contributed by atoms with Crippen LogP contribution in [0.2, 0.25) is 0 Å². The maximum atomic E-state index is 13.0. The van der Waals surface area contributed by atoms with Crippen LogP contribution in [0.25, 0.3) is 0 Å². The average Bonchev–Trinajstić information content (AvgIpc) is 2.74. The van der Waals surface area contributed by atoms with Crippen molar-refractivity contribution in [1.82, 2.24) is 0 Å². The van der Waals surface area contributed by atoms with Gasteiger partial charge in [-0.3, -0.25) is 4.79 Å². The summed E-state index contributed by atoms with van der Waals surface area (Å²) in [4.78, 5) is 27.4. The van der Waals surface area contributed by atoms with Gasteiger partial charge in [0.05, 0.1) is 7.11 Å². The number of aliphatic hydroxyl groups is 1. The predicted molar refractivity (Wildman–Crippen MR) is 106 cm³/mol. The van der Waals surface area contributed by atoms with Gasteiger partial charge < -0.3 is 14.7 Å². The standard InChI is InChI=1S/C23H23NO4/c1-28-22(26)23(27)15-18(16-9-4-2-5-10-16)21-19(13-8-14-20(21)25)24(23)17-11-6-3-7-12-17/h2-7,9-12,18,27H,8,13-15H2,1H3/t18-,23-/m1/s1. The summed E-state index contributed by atoms with van der Waals surface area (Å²) < 4.78 is 5.00. The van der Waals surface area contributed by atoms with E-state index >= 15 is 0 Å². The molecule has 28 heavy (non-hydrogen) atoms. The van der Waals surface area contributed by atoms with Gasteiger partial charge in [0.25, 0.3) is 0 Å². The third-order valence-electron chi connectivity index (χ3n) is 5.63. The van der Waals surface area contributed by atoms with Crippen molar-refractivity contribution in [2.75, 3.05) is 12.0 Å². The minimum Gasteiger partial charge on any atom is -0.465 e. The van der Waals surface area contributed by atoms with Gasteiger partial charge in [-0.25, -0.2) is 4.79 Å². The quantitative estimate of drug-likeness (QED) is 0.829.